The van der Waals surface area contributed by atoms with Gasteiger partial charge in [0.15, 0.2) is 11.5 Å². The molecule has 1 amide bonds. The van der Waals surface area contributed by atoms with Gasteiger partial charge in [0.2, 0.25) is 5.75 Å². The summed E-state index contributed by atoms with van der Waals surface area (Å²) in [6.45, 7) is 0.164. The summed E-state index contributed by atoms with van der Waals surface area (Å²) in [5.74, 6) is 0.807. The Hall–Kier alpha value is -2.73. The van der Waals surface area contributed by atoms with Crippen molar-refractivity contribution in [2.75, 3.05) is 27.9 Å². The van der Waals surface area contributed by atoms with Crippen molar-refractivity contribution in [3.63, 3.8) is 0 Å². The van der Waals surface area contributed by atoms with Gasteiger partial charge in [0.25, 0.3) is 5.91 Å². The topological polar surface area (TPSA) is 77.0 Å². The molecule has 0 aliphatic heterocycles. The van der Waals surface area contributed by atoms with Crippen molar-refractivity contribution in [2.24, 2.45) is 0 Å². The number of carbonyl (C=O) groups excluding carboxylic acids is 1. The van der Waals surface area contributed by atoms with Crippen LogP contribution in [0.25, 0.3) is 0 Å². The number of rotatable bonds is 6. The molecule has 2 aromatic rings. The Morgan fingerprint density at radius 3 is 2.41 bits per heavy atom. The van der Waals surface area contributed by atoms with Crippen molar-refractivity contribution in [2.45, 2.75) is 24.9 Å². The third-order valence-corrected chi connectivity index (χ3v) is 5.02. The van der Waals surface area contributed by atoms with E-state index in [0.29, 0.717) is 35.7 Å². The summed E-state index contributed by atoms with van der Waals surface area (Å²) in [4.78, 5) is 12.7. The van der Waals surface area contributed by atoms with Crippen molar-refractivity contribution in [1.82, 2.24) is 5.32 Å². The molecule has 0 aromatic heterocycles. The summed E-state index contributed by atoms with van der Waals surface area (Å²) >= 11 is 0. The molecular weight excluding hydrogens is 346 g/mol. The zero-order chi connectivity index (χ0) is 19.4. The highest BCUT2D eigenvalue weighted by molar-refractivity contribution is 5.98. The first-order valence-electron chi connectivity index (χ1n) is 8.87. The highest BCUT2D eigenvalue weighted by Gasteiger charge is 2.33. The van der Waals surface area contributed by atoms with E-state index in [-0.39, 0.29) is 12.5 Å². The molecule has 0 heterocycles. The summed E-state index contributed by atoms with van der Waals surface area (Å²) in [7, 11) is 4.48. The predicted octanol–water partition coefficient (Wildman–Crippen LogP) is 2.36. The van der Waals surface area contributed by atoms with Crippen LogP contribution in [0.15, 0.2) is 36.4 Å². The van der Waals surface area contributed by atoms with Gasteiger partial charge >= 0.3 is 0 Å². The fraction of sp³-hybridized carbons (Fsp3) is 0.381. The van der Waals surface area contributed by atoms with Crippen LogP contribution in [-0.4, -0.2) is 44.5 Å². The number of amides is 1. The van der Waals surface area contributed by atoms with E-state index in [9.17, 15) is 9.90 Å². The van der Waals surface area contributed by atoms with E-state index in [1.807, 2.05) is 18.2 Å². The molecule has 0 spiro atoms. The smallest absolute Gasteiger partial charge is 0.255 e. The zero-order valence-electron chi connectivity index (χ0n) is 15.9. The second kappa shape index (κ2) is 7.88. The van der Waals surface area contributed by atoms with Gasteiger partial charge in [-0.2, -0.15) is 0 Å². The second-order valence-electron chi connectivity index (χ2n) is 6.73. The normalized spacial score (nSPS) is 18.4. The third-order valence-electron chi connectivity index (χ3n) is 5.02. The van der Waals surface area contributed by atoms with Gasteiger partial charge in [-0.3, -0.25) is 4.79 Å². The fourth-order valence-electron chi connectivity index (χ4n) is 3.56. The van der Waals surface area contributed by atoms with E-state index in [2.05, 4.69) is 11.4 Å². The minimum atomic E-state index is -0.964. The maximum Gasteiger partial charge on any atom is 0.255 e. The average Bonchev–Trinajstić information content (AvgIpc) is 2.70. The van der Waals surface area contributed by atoms with Crippen LogP contribution in [0.4, 0.5) is 0 Å². The highest BCUT2D eigenvalue weighted by Crippen LogP contribution is 2.39. The Kier molecular flexibility index (Phi) is 5.56. The molecule has 1 aliphatic carbocycles. The summed E-state index contributed by atoms with van der Waals surface area (Å²) in [5, 5.41) is 13.8. The molecule has 1 unspecified atom stereocenters. The second-order valence-corrected chi connectivity index (χ2v) is 6.73. The quantitative estimate of drug-likeness (QED) is 0.815. The number of carbonyl (C=O) groups is 1. The molecule has 0 radical (unpaired) electrons. The number of nitrogens with one attached hydrogen (secondary N) is 1. The van der Waals surface area contributed by atoms with Gasteiger partial charge in [-0.15, -0.1) is 0 Å². The van der Waals surface area contributed by atoms with Crippen LogP contribution >= 0.6 is 0 Å². The number of aliphatic hydroxyl groups is 1. The predicted molar refractivity (Wildman–Crippen MR) is 102 cm³/mol. The number of hydrogen-bond donors (Lipinski definition) is 2. The SMILES string of the molecule is COc1ccc(C(=O)NCC2(O)CCc3ccccc3C2)c(OC)c1OC. The molecule has 0 saturated heterocycles. The zero-order valence-corrected chi connectivity index (χ0v) is 15.9. The van der Waals surface area contributed by atoms with Gasteiger partial charge in [-0.25, -0.2) is 0 Å². The van der Waals surface area contributed by atoms with Gasteiger partial charge in [-0.1, -0.05) is 24.3 Å². The van der Waals surface area contributed by atoms with Gasteiger partial charge in [-0.05, 0) is 36.1 Å². The van der Waals surface area contributed by atoms with Crippen molar-refractivity contribution < 1.29 is 24.1 Å². The van der Waals surface area contributed by atoms with Crippen LogP contribution in [0.3, 0.4) is 0 Å². The lowest BCUT2D eigenvalue weighted by atomic mass is 9.80. The van der Waals surface area contributed by atoms with Crippen molar-refractivity contribution >= 4 is 5.91 Å². The third kappa shape index (κ3) is 3.85. The standard InChI is InChI=1S/C21H25NO5/c1-25-17-9-8-16(18(26-2)19(17)27-3)20(23)22-13-21(24)11-10-14-6-4-5-7-15(14)12-21/h4-9,24H,10-13H2,1-3H3,(H,22,23). The molecule has 1 atom stereocenters. The van der Waals surface area contributed by atoms with Crippen LogP contribution in [0, 0.1) is 0 Å². The summed E-state index contributed by atoms with van der Waals surface area (Å²) in [6.07, 6.45) is 1.92. The van der Waals surface area contributed by atoms with Gasteiger partial charge in [0.05, 0.1) is 32.5 Å². The highest BCUT2D eigenvalue weighted by atomic mass is 16.5. The molecule has 3 rings (SSSR count). The van der Waals surface area contributed by atoms with Crippen LogP contribution in [0.2, 0.25) is 0 Å². The molecule has 1 aliphatic rings. The van der Waals surface area contributed by atoms with Crippen molar-refractivity contribution in [3.05, 3.63) is 53.1 Å². The van der Waals surface area contributed by atoms with Crippen LogP contribution < -0.4 is 19.5 Å². The lowest BCUT2D eigenvalue weighted by Crippen LogP contribution is -2.46. The maximum atomic E-state index is 12.7. The largest absolute Gasteiger partial charge is 0.493 e. The number of fused-ring (bicyclic) bond motifs is 1. The molecule has 27 heavy (non-hydrogen) atoms. The Morgan fingerprint density at radius 2 is 1.74 bits per heavy atom. The average molecular weight is 371 g/mol. The summed E-state index contributed by atoms with van der Waals surface area (Å²) < 4.78 is 15.9. The summed E-state index contributed by atoms with van der Waals surface area (Å²) in [6, 6.07) is 11.4. The molecule has 6 nitrogen and oxygen atoms in total. The number of benzene rings is 2. The first-order chi connectivity index (χ1) is 13.0. The number of ether oxygens (including phenoxy) is 3. The van der Waals surface area contributed by atoms with E-state index >= 15 is 0 Å². The first kappa shape index (κ1) is 19.0. The van der Waals surface area contributed by atoms with Crippen molar-refractivity contribution in [3.8, 4) is 17.2 Å². The van der Waals surface area contributed by atoms with Gasteiger partial charge < -0.3 is 24.6 Å². The number of methoxy groups -OCH3 is 3. The molecule has 2 aromatic carbocycles. The minimum absolute atomic E-state index is 0.164. The Balaban J connectivity index is 1.75. The Morgan fingerprint density at radius 1 is 1.04 bits per heavy atom. The van der Waals surface area contributed by atoms with E-state index in [1.165, 1.54) is 26.9 Å². The fourth-order valence-corrected chi connectivity index (χ4v) is 3.56. The molecular formula is C21H25NO5. The Labute approximate surface area is 159 Å². The van der Waals surface area contributed by atoms with E-state index in [0.717, 1.165) is 12.0 Å². The van der Waals surface area contributed by atoms with Crippen LogP contribution in [0.5, 0.6) is 17.2 Å². The van der Waals surface area contributed by atoms with Crippen LogP contribution in [-0.2, 0) is 12.8 Å². The number of aryl methyl sites for hydroxylation is 1. The minimum Gasteiger partial charge on any atom is -0.493 e. The molecule has 0 fully saturated rings. The molecule has 144 valence electrons. The number of hydrogen-bond acceptors (Lipinski definition) is 5. The van der Waals surface area contributed by atoms with Gasteiger partial charge in [0.1, 0.15) is 0 Å². The van der Waals surface area contributed by atoms with Crippen molar-refractivity contribution in [1.29, 1.82) is 0 Å². The first-order valence-corrected chi connectivity index (χ1v) is 8.87. The lowest BCUT2D eigenvalue weighted by molar-refractivity contribution is 0.0259. The molecule has 0 bridgehead atoms. The molecule has 0 saturated carbocycles. The summed E-state index contributed by atoms with van der Waals surface area (Å²) in [5.41, 5.74) is 1.75. The monoisotopic (exact) mass is 371 g/mol. The van der Waals surface area contributed by atoms with E-state index in [1.54, 1.807) is 12.1 Å². The van der Waals surface area contributed by atoms with Crippen LogP contribution in [0.1, 0.15) is 27.9 Å². The molecule has 6 heteroatoms. The van der Waals surface area contributed by atoms with E-state index in [4.69, 9.17) is 14.2 Å². The van der Waals surface area contributed by atoms with E-state index < -0.39 is 5.60 Å². The lowest BCUT2D eigenvalue weighted by Gasteiger charge is -2.33. The molecule has 2 N–H and O–H groups in total. The van der Waals surface area contributed by atoms with Gasteiger partial charge in [0, 0.05) is 13.0 Å². The maximum absolute atomic E-state index is 12.7. The Bertz CT molecular complexity index is 835.